The number of carbonyl (C=O) groups is 1. The maximum absolute atomic E-state index is 12.6. The molecule has 0 spiro atoms. The van der Waals surface area contributed by atoms with E-state index in [4.69, 9.17) is 11.6 Å². The summed E-state index contributed by atoms with van der Waals surface area (Å²) in [5.41, 5.74) is 0.704. The monoisotopic (exact) mass is 308 g/mol. The molecule has 0 unspecified atom stereocenters. The number of nitrogens with one attached hydrogen (secondary N) is 1. The minimum atomic E-state index is -0.353. The molecule has 0 heterocycles. The Balaban J connectivity index is 1.99. The molecule has 1 aromatic rings. The molecule has 1 aromatic carbocycles. The molecular weight excluding hydrogens is 284 g/mol. The standard InChI is InChI=1S/C17H25ClN2O/c1-3-20(4-2)12-11-19-16(21)17(9-6-10-17)14-7-5-8-15(18)13-14/h5,7-8,13H,3-4,6,9-12H2,1-2H3,(H,19,21). The van der Waals surface area contributed by atoms with Gasteiger partial charge < -0.3 is 10.2 Å². The summed E-state index contributed by atoms with van der Waals surface area (Å²) >= 11 is 6.08. The minimum Gasteiger partial charge on any atom is -0.354 e. The van der Waals surface area contributed by atoms with Crippen molar-refractivity contribution < 1.29 is 4.79 Å². The molecular formula is C17H25ClN2O. The van der Waals surface area contributed by atoms with Crippen LogP contribution in [-0.4, -0.2) is 37.0 Å². The van der Waals surface area contributed by atoms with Crippen LogP contribution in [-0.2, 0) is 10.2 Å². The van der Waals surface area contributed by atoms with Crippen LogP contribution in [0.3, 0.4) is 0 Å². The van der Waals surface area contributed by atoms with Crippen LogP contribution in [0.1, 0.15) is 38.7 Å². The number of nitrogens with zero attached hydrogens (tertiary/aromatic N) is 1. The van der Waals surface area contributed by atoms with Gasteiger partial charge in [0.05, 0.1) is 5.41 Å². The Bertz CT molecular complexity index is 481. The van der Waals surface area contributed by atoms with E-state index < -0.39 is 0 Å². The molecule has 1 N–H and O–H groups in total. The van der Waals surface area contributed by atoms with Crippen molar-refractivity contribution >= 4 is 17.5 Å². The average molecular weight is 309 g/mol. The fraction of sp³-hybridized carbons (Fsp3) is 0.588. The van der Waals surface area contributed by atoms with Crippen LogP contribution in [0.25, 0.3) is 0 Å². The summed E-state index contributed by atoms with van der Waals surface area (Å²) in [7, 11) is 0. The van der Waals surface area contributed by atoms with Crippen molar-refractivity contribution in [1.82, 2.24) is 10.2 Å². The lowest BCUT2D eigenvalue weighted by Gasteiger charge is -2.41. The summed E-state index contributed by atoms with van der Waals surface area (Å²) in [6.07, 6.45) is 2.95. The molecule has 1 saturated carbocycles. The largest absolute Gasteiger partial charge is 0.354 e. The Hall–Kier alpha value is -1.06. The molecule has 0 bridgehead atoms. The van der Waals surface area contributed by atoms with Crippen molar-refractivity contribution in [2.75, 3.05) is 26.2 Å². The molecule has 2 rings (SSSR count). The third-order valence-corrected chi connectivity index (χ3v) is 4.86. The Kier molecular flexibility index (Phi) is 5.65. The molecule has 0 aliphatic heterocycles. The fourth-order valence-corrected chi connectivity index (χ4v) is 3.19. The highest BCUT2D eigenvalue weighted by molar-refractivity contribution is 6.30. The van der Waals surface area contributed by atoms with Crippen molar-refractivity contribution in [2.24, 2.45) is 0 Å². The molecule has 21 heavy (non-hydrogen) atoms. The zero-order valence-electron chi connectivity index (χ0n) is 13.0. The smallest absolute Gasteiger partial charge is 0.230 e. The van der Waals surface area contributed by atoms with Gasteiger partial charge in [0, 0.05) is 18.1 Å². The van der Waals surface area contributed by atoms with E-state index in [1.165, 1.54) is 0 Å². The number of likely N-dealkylation sites (N-methyl/N-ethyl adjacent to an activating group) is 1. The van der Waals surface area contributed by atoms with Crippen LogP contribution in [0.5, 0.6) is 0 Å². The van der Waals surface area contributed by atoms with Gasteiger partial charge in [0.1, 0.15) is 0 Å². The lowest BCUT2D eigenvalue weighted by Crippen LogP contribution is -2.50. The topological polar surface area (TPSA) is 32.3 Å². The first-order valence-electron chi connectivity index (χ1n) is 7.89. The van der Waals surface area contributed by atoms with Gasteiger partial charge in [-0.1, -0.05) is 44.0 Å². The first-order valence-corrected chi connectivity index (χ1v) is 8.27. The van der Waals surface area contributed by atoms with Gasteiger partial charge in [0.2, 0.25) is 5.91 Å². The van der Waals surface area contributed by atoms with E-state index in [0.29, 0.717) is 11.6 Å². The van der Waals surface area contributed by atoms with Crippen LogP contribution in [0.2, 0.25) is 5.02 Å². The van der Waals surface area contributed by atoms with Crippen LogP contribution < -0.4 is 5.32 Å². The third kappa shape index (κ3) is 3.58. The summed E-state index contributed by atoms with van der Waals surface area (Å²) in [6, 6.07) is 7.75. The zero-order valence-corrected chi connectivity index (χ0v) is 13.7. The summed E-state index contributed by atoms with van der Waals surface area (Å²) in [6.45, 7) is 7.94. The third-order valence-electron chi connectivity index (χ3n) is 4.63. The highest BCUT2D eigenvalue weighted by Gasteiger charge is 2.45. The van der Waals surface area contributed by atoms with E-state index in [1.807, 2.05) is 24.3 Å². The van der Waals surface area contributed by atoms with Crippen LogP contribution in [0.15, 0.2) is 24.3 Å². The first kappa shape index (κ1) is 16.3. The molecule has 1 aliphatic rings. The van der Waals surface area contributed by atoms with E-state index in [-0.39, 0.29) is 11.3 Å². The number of hydrogen-bond donors (Lipinski definition) is 1. The molecule has 0 aromatic heterocycles. The molecule has 116 valence electrons. The Morgan fingerprint density at radius 2 is 2.05 bits per heavy atom. The van der Waals surface area contributed by atoms with Gasteiger partial charge in [-0.25, -0.2) is 0 Å². The SMILES string of the molecule is CCN(CC)CCNC(=O)C1(c2cccc(Cl)c2)CCC1. The van der Waals surface area contributed by atoms with Crippen LogP contribution in [0, 0.1) is 0 Å². The number of benzene rings is 1. The zero-order chi connectivity index (χ0) is 15.3. The summed E-state index contributed by atoms with van der Waals surface area (Å²) < 4.78 is 0. The predicted octanol–water partition coefficient (Wildman–Crippen LogP) is 3.22. The Labute approximate surface area is 132 Å². The van der Waals surface area contributed by atoms with Gasteiger partial charge in [-0.3, -0.25) is 4.79 Å². The van der Waals surface area contributed by atoms with Crippen LogP contribution >= 0.6 is 11.6 Å². The number of hydrogen-bond acceptors (Lipinski definition) is 2. The number of amides is 1. The lowest BCUT2D eigenvalue weighted by molar-refractivity contribution is -0.130. The van der Waals surface area contributed by atoms with Gasteiger partial charge in [0.15, 0.2) is 0 Å². The summed E-state index contributed by atoms with van der Waals surface area (Å²) in [5, 5.41) is 3.82. The molecule has 1 amide bonds. The second-order valence-electron chi connectivity index (χ2n) is 5.73. The van der Waals surface area contributed by atoms with Gasteiger partial charge >= 0.3 is 0 Å². The Morgan fingerprint density at radius 3 is 2.57 bits per heavy atom. The summed E-state index contributed by atoms with van der Waals surface area (Å²) in [5.74, 6) is 0.156. The molecule has 3 nitrogen and oxygen atoms in total. The molecule has 0 radical (unpaired) electrons. The maximum Gasteiger partial charge on any atom is 0.230 e. The quantitative estimate of drug-likeness (QED) is 0.839. The summed E-state index contributed by atoms with van der Waals surface area (Å²) in [4.78, 5) is 15.0. The van der Waals surface area contributed by atoms with Gasteiger partial charge in [0.25, 0.3) is 0 Å². The van der Waals surface area contributed by atoms with Gasteiger partial charge in [-0.2, -0.15) is 0 Å². The van der Waals surface area contributed by atoms with Crippen molar-refractivity contribution in [1.29, 1.82) is 0 Å². The molecule has 1 aliphatic carbocycles. The fourth-order valence-electron chi connectivity index (χ4n) is 3.00. The van der Waals surface area contributed by atoms with Crippen molar-refractivity contribution in [2.45, 2.75) is 38.5 Å². The van der Waals surface area contributed by atoms with E-state index in [9.17, 15) is 4.79 Å². The minimum absolute atomic E-state index is 0.156. The maximum atomic E-state index is 12.6. The second-order valence-corrected chi connectivity index (χ2v) is 6.17. The lowest BCUT2D eigenvalue weighted by atomic mass is 9.64. The number of rotatable bonds is 7. The Morgan fingerprint density at radius 1 is 1.33 bits per heavy atom. The highest BCUT2D eigenvalue weighted by atomic mass is 35.5. The number of halogens is 1. The number of carbonyl (C=O) groups excluding carboxylic acids is 1. The first-order chi connectivity index (χ1) is 10.1. The molecule has 4 heteroatoms. The highest BCUT2D eigenvalue weighted by Crippen LogP contribution is 2.44. The van der Waals surface area contributed by atoms with Crippen molar-refractivity contribution in [3.05, 3.63) is 34.9 Å². The van der Waals surface area contributed by atoms with E-state index in [0.717, 1.165) is 44.5 Å². The van der Waals surface area contributed by atoms with E-state index >= 15 is 0 Å². The predicted molar refractivity (Wildman–Crippen MR) is 87.8 cm³/mol. The van der Waals surface area contributed by atoms with Crippen molar-refractivity contribution in [3.8, 4) is 0 Å². The van der Waals surface area contributed by atoms with Gasteiger partial charge in [-0.15, -0.1) is 0 Å². The molecule has 1 fully saturated rings. The molecule has 0 atom stereocenters. The molecule has 0 saturated heterocycles. The van der Waals surface area contributed by atoms with Gasteiger partial charge in [-0.05, 0) is 43.6 Å². The average Bonchev–Trinajstić information content (AvgIpc) is 2.42. The van der Waals surface area contributed by atoms with E-state index in [1.54, 1.807) is 0 Å². The van der Waals surface area contributed by atoms with Crippen LogP contribution in [0.4, 0.5) is 0 Å². The normalized spacial score (nSPS) is 16.6. The second kappa shape index (κ2) is 7.28. The van der Waals surface area contributed by atoms with E-state index in [2.05, 4.69) is 24.1 Å². The van der Waals surface area contributed by atoms with Crippen molar-refractivity contribution in [3.63, 3.8) is 0 Å².